The summed E-state index contributed by atoms with van der Waals surface area (Å²) in [5.74, 6) is 0.959. The lowest BCUT2D eigenvalue weighted by Crippen LogP contribution is -2.39. The Bertz CT molecular complexity index is 1420. The van der Waals surface area contributed by atoms with Crippen LogP contribution in [0.25, 0.3) is 16.5 Å². The predicted molar refractivity (Wildman–Crippen MR) is 136 cm³/mol. The van der Waals surface area contributed by atoms with Gasteiger partial charge in [0.25, 0.3) is 6.43 Å². The van der Waals surface area contributed by atoms with Crippen LogP contribution in [0.3, 0.4) is 0 Å². The number of halogens is 3. The van der Waals surface area contributed by atoms with Crippen molar-refractivity contribution in [2.45, 2.75) is 59.0 Å². The molecular formula is C28H29F3N4O2. The zero-order valence-electron chi connectivity index (χ0n) is 21.2. The van der Waals surface area contributed by atoms with Crippen molar-refractivity contribution in [2.75, 3.05) is 18.5 Å². The molecule has 2 aliphatic rings. The number of rotatable bonds is 5. The predicted octanol–water partition coefficient (Wildman–Crippen LogP) is 6.15. The van der Waals surface area contributed by atoms with Crippen LogP contribution in [-0.2, 0) is 11.2 Å². The van der Waals surface area contributed by atoms with Gasteiger partial charge in [0, 0.05) is 48.0 Å². The molecule has 0 spiro atoms. The monoisotopic (exact) mass is 510 g/mol. The second-order valence-electron chi connectivity index (χ2n) is 9.66. The molecule has 2 aromatic carbocycles. The molecule has 5 rings (SSSR count). The van der Waals surface area contributed by atoms with Crippen molar-refractivity contribution >= 4 is 28.2 Å². The number of anilines is 1. The highest BCUT2D eigenvalue weighted by molar-refractivity contribution is 5.97. The van der Waals surface area contributed by atoms with E-state index in [4.69, 9.17) is 9.72 Å². The van der Waals surface area contributed by atoms with Crippen LogP contribution in [0.4, 0.5) is 19.0 Å². The lowest BCUT2D eigenvalue weighted by molar-refractivity contribution is -0.130. The number of nitrogens with one attached hydrogen (secondary N) is 1. The molecule has 194 valence electrons. The number of aryl methyl sites for hydroxylation is 1. The molecule has 9 heteroatoms. The Morgan fingerprint density at radius 3 is 2.68 bits per heavy atom. The molecule has 0 saturated heterocycles. The van der Waals surface area contributed by atoms with E-state index in [2.05, 4.69) is 16.4 Å². The third-order valence-corrected chi connectivity index (χ3v) is 7.17. The van der Waals surface area contributed by atoms with Gasteiger partial charge >= 0.3 is 0 Å². The molecule has 3 aromatic rings. The quantitative estimate of drug-likeness (QED) is 0.446. The van der Waals surface area contributed by atoms with Gasteiger partial charge in [0.1, 0.15) is 23.2 Å². The molecule has 0 bridgehead atoms. The minimum Gasteiger partial charge on any atom is -0.492 e. The van der Waals surface area contributed by atoms with Gasteiger partial charge in [-0.1, -0.05) is 24.3 Å². The average molecular weight is 511 g/mol. The standard InChI is InChI=1S/C28H29F3N4O2/c1-14-12-18(8-10-35(14)17(4)36)22-13-23-25(21-9-11-37-26(21)22)33-16(3)34-28(23)32-15(2)19-6-5-7-20(24(19)29)27(30)31/h5-7,12-15,27H,8-11H2,1-4H3,(H,32,33,34)/t14-,15-/m1/s1. The van der Waals surface area contributed by atoms with Crippen LogP contribution < -0.4 is 10.1 Å². The molecule has 3 heterocycles. The van der Waals surface area contributed by atoms with Crippen molar-refractivity contribution in [3.63, 3.8) is 0 Å². The fourth-order valence-corrected chi connectivity index (χ4v) is 5.36. The number of hydrogen-bond acceptors (Lipinski definition) is 5. The highest BCUT2D eigenvalue weighted by Crippen LogP contribution is 2.43. The van der Waals surface area contributed by atoms with Crippen molar-refractivity contribution in [3.05, 3.63) is 64.2 Å². The second kappa shape index (κ2) is 9.68. The first-order chi connectivity index (χ1) is 17.7. The number of hydrogen-bond donors (Lipinski definition) is 1. The largest absolute Gasteiger partial charge is 0.492 e. The van der Waals surface area contributed by atoms with E-state index in [9.17, 15) is 18.0 Å². The molecule has 1 N–H and O–H groups in total. The van der Waals surface area contributed by atoms with E-state index in [0.717, 1.165) is 39.4 Å². The summed E-state index contributed by atoms with van der Waals surface area (Å²) in [6.45, 7) is 8.22. The molecule has 1 amide bonds. The van der Waals surface area contributed by atoms with Crippen LogP contribution in [0.5, 0.6) is 5.75 Å². The Kier molecular flexibility index (Phi) is 6.56. The van der Waals surface area contributed by atoms with Crippen molar-refractivity contribution in [2.24, 2.45) is 0 Å². The van der Waals surface area contributed by atoms with E-state index in [1.807, 2.05) is 17.9 Å². The average Bonchev–Trinajstić information content (AvgIpc) is 3.33. The Morgan fingerprint density at radius 2 is 1.97 bits per heavy atom. The van der Waals surface area contributed by atoms with Gasteiger partial charge in [-0.15, -0.1) is 0 Å². The van der Waals surface area contributed by atoms with Gasteiger partial charge in [-0.3, -0.25) is 4.79 Å². The molecule has 0 aliphatic carbocycles. The minimum atomic E-state index is -2.90. The number of ether oxygens (including phenoxy) is 1. The Hall–Kier alpha value is -3.62. The van der Waals surface area contributed by atoms with Crippen molar-refractivity contribution in [3.8, 4) is 5.75 Å². The number of carbonyl (C=O) groups is 1. The molecular weight excluding hydrogens is 481 g/mol. The van der Waals surface area contributed by atoms with Gasteiger partial charge in [-0.25, -0.2) is 23.1 Å². The van der Waals surface area contributed by atoms with Gasteiger partial charge < -0.3 is 15.0 Å². The highest BCUT2D eigenvalue weighted by atomic mass is 19.3. The summed E-state index contributed by atoms with van der Waals surface area (Å²) in [7, 11) is 0. The van der Waals surface area contributed by atoms with Gasteiger partial charge in [0.15, 0.2) is 0 Å². The molecule has 2 atom stereocenters. The van der Waals surface area contributed by atoms with Crippen LogP contribution >= 0.6 is 0 Å². The van der Waals surface area contributed by atoms with Crippen LogP contribution in [-0.4, -0.2) is 40.0 Å². The number of aromatic nitrogens is 2. The Balaban J connectivity index is 1.60. The van der Waals surface area contributed by atoms with E-state index >= 15 is 0 Å². The fraction of sp³-hybridized carbons (Fsp3) is 0.393. The first-order valence-corrected chi connectivity index (χ1v) is 12.4. The first kappa shape index (κ1) is 25.0. The number of fused-ring (bicyclic) bond motifs is 3. The molecule has 0 unspecified atom stereocenters. The van der Waals surface area contributed by atoms with Gasteiger partial charge in [-0.05, 0) is 38.8 Å². The topological polar surface area (TPSA) is 67.4 Å². The lowest BCUT2D eigenvalue weighted by Gasteiger charge is -2.32. The van der Waals surface area contributed by atoms with Crippen LogP contribution in [0.2, 0.25) is 0 Å². The van der Waals surface area contributed by atoms with Crippen LogP contribution in [0.1, 0.15) is 67.7 Å². The highest BCUT2D eigenvalue weighted by Gasteiger charge is 2.28. The SMILES string of the molecule is CC(=O)N1CCC(c2cc3c(N[C@H](C)c4cccc(C(F)F)c4F)nc(C)nc3c3c2OCC3)=C[C@H]1C. The Morgan fingerprint density at radius 1 is 1.22 bits per heavy atom. The second-order valence-corrected chi connectivity index (χ2v) is 9.66. The zero-order valence-corrected chi connectivity index (χ0v) is 21.2. The summed E-state index contributed by atoms with van der Waals surface area (Å²) in [5.41, 5.74) is 3.28. The summed E-state index contributed by atoms with van der Waals surface area (Å²) >= 11 is 0. The number of carbonyl (C=O) groups excluding carboxylic acids is 1. The van der Waals surface area contributed by atoms with Gasteiger partial charge in [0.05, 0.1) is 23.7 Å². The molecule has 1 aromatic heterocycles. The van der Waals surface area contributed by atoms with E-state index in [-0.39, 0.29) is 17.5 Å². The maximum Gasteiger partial charge on any atom is 0.266 e. The van der Waals surface area contributed by atoms with E-state index in [0.29, 0.717) is 37.6 Å². The maximum absolute atomic E-state index is 14.9. The minimum absolute atomic E-state index is 0.0373. The van der Waals surface area contributed by atoms with Crippen LogP contribution in [0.15, 0.2) is 30.3 Å². The third kappa shape index (κ3) is 4.51. The molecule has 6 nitrogen and oxygen atoms in total. The summed E-state index contributed by atoms with van der Waals surface area (Å²) in [6, 6.07) is 5.35. The normalized spacial score (nSPS) is 18.0. The molecule has 0 radical (unpaired) electrons. The lowest BCUT2D eigenvalue weighted by atomic mass is 9.92. The summed E-state index contributed by atoms with van der Waals surface area (Å²) in [5, 5.41) is 4.01. The summed E-state index contributed by atoms with van der Waals surface area (Å²) in [4.78, 5) is 23.1. The van der Waals surface area contributed by atoms with E-state index < -0.39 is 23.8 Å². The van der Waals surface area contributed by atoms with Crippen molar-refractivity contribution < 1.29 is 22.7 Å². The first-order valence-electron chi connectivity index (χ1n) is 12.4. The van der Waals surface area contributed by atoms with E-state index in [1.54, 1.807) is 20.8 Å². The summed E-state index contributed by atoms with van der Waals surface area (Å²) in [6.07, 6.45) is 0.565. The molecule has 0 saturated carbocycles. The number of nitrogens with zero attached hydrogens (tertiary/aromatic N) is 3. The number of benzene rings is 2. The molecule has 2 aliphatic heterocycles. The summed E-state index contributed by atoms with van der Waals surface area (Å²) < 4.78 is 47.5. The van der Waals surface area contributed by atoms with Gasteiger partial charge in [-0.2, -0.15) is 0 Å². The van der Waals surface area contributed by atoms with E-state index in [1.165, 1.54) is 12.1 Å². The molecule has 0 fully saturated rings. The number of alkyl halides is 2. The van der Waals surface area contributed by atoms with Crippen molar-refractivity contribution in [1.29, 1.82) is 0 Å². The zero-order chi connectivity index (χ0) is 26.4. The molecule has 37 heavy (non-hydrogen) atoms. The number of amides is 1. The smallest absolute Gasteiger partial charge is 0.266 e. The van der Waals surface area contributed by atoms with Crippen molar-refractivity contribution in [1.82, 2.24) is 14.9 Å². The van der Waals surface area contributed by atoms with Crippen LogP contribution in [0, 0.1) is 12.7 Å². The maximum atomic E-state index is 14.9. The Labute approximate surface area is 213 Å². The third-order valence-electron chi connectivity index (χ3n) is 7.17. The fourth-order valence-electron chi connectivity index (χ4n) is 5.36. The van der Waals surface area contributed by atoms with Gasteiger partial charge in [0.2, 0.25) is 5.91 Å².